The summed E-state index contributed by atoms with van der Waals surface area (Å²) < 4.78 is 2.15. The summed E-state index contributed by atoms with van der Waals surface area (Å²) in [6, 6.07) is 9.50. The van der Waals surface area contributed by atoms with Crippen LogP contribution in [0.15, 0.2) is 30.5 Å². The average molecular weight is 368 g/mol. The Bertz CT molecular complexity index is 735. The summed E-state index contributed by atoms with van der Waals surface area (Å²) in [5, 5.41) is 4.78. The molecule has 0 saturated carbocycles. The topological polar surface area (TPSA) is 27.5 Å². The van der Waals surface area contributed by atoms with Crippen molar-refractivity contribution in [1.29, 1.82) is 0 Å². The van der Waals surface area contributed by atoms with Gasteiger partial charge in [0.15, 0.2) is 0 Å². The molecule has 0 spiro atoms. The molecule has 5 heteroatoms. The second-order valence-corrected chi connectivity index (χ2v) is 8.39. The van der Waals surface area contributed by atoms with Gasteiger partial charge < -0.3 is 4.90 Å². The van der Waals surface area contributed by atoms with Crippen molar-refractivity contribution in [3.63, 3.8) is 0 Å². The third-order valence-corrected chi connectivity index (χ3v) is 6.36. The number of aromatic nitrogens is 2. The minimum Gasteiger partial charge on any atom is -0.304 e. The fourth-order valence-corrected chi connectivity index (χ4v) is 4.39. The molecule has 1 aromatic heterocycles. The lowest BCUT2D eigenvalue weighted by Crippen LogP contribution is -2.45. The van der Waals surface area contributed by atoms with Gasteiger partial charge in [-0.1, -0.05) is 24.3 Å². The summed E-state index contributed by atoms with van der Waals surface area (Å²) in [5.74, 6) is 0. The molecule has 2 aliphatic rings. The maximum absolute atomic E-state index is 4.78. The second kappa shape index (κ2) is 8.13. The highest BCUT2D eigenvalue weighted by Gasteiger charge is 2.25. The van der Waals surface area contributed by atoms with Crippen molar-refractivity contribution in [1.82, 2.24) is 24.5 Å². The Hall–Kier alpha value is -1.69. The van der Waals surface area contributed by atoms with E-state index >= 15 is 0 Å². The van der Waals surface area contributed by atoms with Gasteiger partial charge >= 0.3 is 0 Å². The number of hydrogen-bond acceptors (Lipinski definition) is 4. The van der Waals surface area contributed by atoms with E-state index in [1.165, 1.54) is 61.4 Å². The van der Waals surface area contributed by atoms with Crippen LogP contribution in [-0.2, 0) is 25.9 Å². The molecule has 4 rings (SSSR count). The van der Waals surface area contributed by atoms with Crippen LogP contribution in [-0.4, -0.2) is 77.3 Å². The molecule has 0 amide bonds. The number of piperazine rings is 1. The Morgan fingerprint density at radius 1 is 1.04 bits per heavy atom. The van der Waals surface area contributed by atoms with E-state index in [1.807, 2.05) is 0 Å². The van der Waals surface area contributed by atoms with Crippen LogP contribution in [0.4, 0.5) is 0 Å². The van der Waals surface area contributed by atoms with Crippen molar-refractivity contribution in [2.24, 2.45) is 0 Å². The van der Waals surface area contributed by atoms with Gasteiger partial charge in [0.2, 0.25) is 0 Å². The van der Waals surface area contributed by atoms with E-state index in [0.29, 0.717) is 6.04 Å². The number of rotatable bonds is 6. The van der Waals surface area contributed by atoms with E-state index in [4.69, 9.17) is 5.10 Å². The zero-order valence-corrected chi connectivity index (χ0v) is 17.1. The maximum atomic E-state index is 4.78. The van der Waals surface area contributed by atoms with Crippen LogP contribution < -0.4 is 0 Å². The van der Waals surface area contributed by atoms with Crippen molar-refractivity contribution in [2.45, 2.75) is 38.9 Å². The van der Waals surface area contributed by atoms with E-state index in [-0.39, 0.29) is 0 Å². The van der Waals surface area contributed by atoms with Crippen LogP contribution >= 0.6 is 0 Å². The number of benzene rings is 1. The number of hydrogen-bond donors (Lipinski definition) is 0. The zero-order valence-electron chi connectivity index (χ0n) is 17.1. The summed E-state index contributed by atoms with van der Waals surface area (Å²) in [6.45, 7) is 9.93. The molecule has 1 fully saturated rings. The van der Waals surface area contributed by atoms with Crippen LogP contribution in [0.3, 0.4) is 0 Å². The van der Waals surface area contributed by atoms with Crippen LogP contribution in [0, 0.1) is 6.92 Å². The minimum atomic E-state index is 0.607. The van der Waals surface area contributed by atoms with Gasteiger partial charge in [-0.25, -0.2) is 0 Å². The van der Waals surface area contributed by atoms with E-state index in [9.17, 15) is 0 Å². The Balaban J connectivity index is 1.31. The van der Waals surface area contributed by atoms with Crippen LogP contribution in [0.2, 0.25) is 0 Å². The molecule has 0 N–H and O–H groups in total. The van der Waals surface area contributed by atoms with E-state index in [1.54, 1.807) is 0 Å². The predicted molar refractivity (Wildman–Crippen MR) is 110 cm³/mol. The normalized spacial score (nSPS) is 19.1. The number of likely N-dealkylation sites (N-methyl/N-ethyl adjacent to an activating group) is 2. The molecule has 0 atom stereocenters. The molecule has 1 aliphatic carbocycles. The molecule has 0 unspecified atom stereocenters. The molecule has 1 saturated heterocycles. The summed E-state index contributed by atoms with van der Waals surface area (Å²) in [5.41, 5.74) is 5.59. The molecule has 2 aromatic rings. The van der Waals surface area contributed by atoms with Crippen molar-refractivity contribution < 1.29 is 0 Å². The SMILES string of the molecule is Cc1nn(CCN2CCN(C)CC2)cc1CN(C)C1Cc2ccccc2C1. The molecular weight excluding hydrogens is 334 g/mol. The highest BCUT2D eigenvalue weighted by molar-refractivity contribution is 5.33. The summed E-state index contributed by atoms with van der Waals surface area (Å²) in [6.07, 6.45) is 4.61. The molecule has 5 nitrogen and oxygen atoms in total. The van der Waals surface area contributed by atoms with Crippen LogP contribution in [0.1, 0.15) is 22.4 Å². The molecular formula is C22H33N5. The number of fused-ring (bicyclic) bond motifs is 1. The van der Waals surface area contributed by atoms with Crippen molar-refractivity contribution in [2.75, 3.05) is 46.8 Å². The predicted octanol–water partition coefficient (Wildman–Crippen LogP) is 2.04. The average Bonchev–Trinajstić information content (AvgIpc) is 3.25. The van der Waals surface area contributed by atoms with E-state index in [2.05, 4.69) is 70.9 Å². The van der Waals surface area contributed by atoms with Crippen LogP contribution in [0.25, 0.3) is 0 Å². The molecule has 27 heavy (non-hydrogen) atoms. The first kappa shape index (κ1) is 18.7. The van der Waals surface area contributed by atoms with Gasteiger partial charge in [0.1, 0.15) is 0 Å². The fourth-order valence-electron chi connectivity index (χ4n) is 4.39. The minimum absolute atomic E-state index is 0.607. The third-order valence-electron chi connectivity index (χ3n) is 6.36. The van der Waals surface area contributed by atoms with Gasteiger partial charge in [0.05, 0.1) is 12.2 Å². The van der Waals surface area contributed by atoms with Gasteiger partial charge in [0, 0.05) is 57.1 Å². The quantitative estimate of drug-likeness (QED) is 0.781. The van der Waals surface area contributed by atoms with E-state index < -0.39 is 0 Å². The largest absolute Gasteiger partial charge is 0.304 e. The molecule has 2 heterocycles. The molecule has 146 valence electrons. The maximum Gasteiger partial charge on any atom is 0.0638 e. The number of aryl methyl sites for hydroxylation is 1. The first-order chi connectivity index (χ1) is 13.1. The van der Waals surface area contributed by atoms with Crippen molar-refractivity contribution >= 4 is 0 Å². The molecule has 0 radical (unpaired) electrons. The molecule has 0 bridgehead atoms. The van der Waals surface area contributed by atoms with Crippen molar-refractivity contribution in [3.05, 3.63) is 52.8 Å². The second-order valence-electron chi connectivity index (χ2n) is 8.39. The highest BCUT2D eigenvalue weighted by atomic mass is 15.3. The third kappa shape index (κ3) is 4.42. The van der Waals surface area contributed by atoms with Gasteiger partial charge in [-0.05, 0) is 45.0 Å². The first-order valence-electron chi connectivity index (χ1n) is 10.3. The van der Waals surface area contributed by atoms with Gasteiger partial charge in [-0.2, -0.15) is 5.10 Å². The summed E-state index contributed by atoms with van der Waals surface area (Å²) in [7, 11) is 4.47. The van der Waals surface area contributed by atoms with E-state index in [0.717, 1.165) is 19.6 Å². The lowest BCUT2D eigenvalue weighted by Gasteiger charge is -2.32. The van der Waals surface area contributed by atoms with Gasteiger partial charge in [-0.15, -0.1) is 0 Å². The first-order valence-corrected chi connectivity index (χ1v) is 10.3. The molecule has 1 aromatic carbocycles. The Morgan fingerprint density at radius 2 is 1.70 bits per heavy atom. The lowest BCUT2D eigenvalue weighted by molar-refractivity contribution is 0.148. The van der Waals surface area contributed by atoms with Crippen LogP contribution in [0.5, 0.6) is 0 Å². The molecule has 1 aliphatic heterocycles. The van der Waals surface area contributed by atoms with Crippen molar-refractivity contribution in [3.8, 4) is 0 Å². The highest BCUT2D eigenvalue weighted by Crippen LogP contribution is 2.25. The monoisotopic (exact) mass is 367 g/mol. The van der Waals surface area contributed by atoms with Gasteiger partial charge in [0.25, 0.3) is 0 Å². The number of nitrogens with zero attached hydrogens (tertiary/aromatic N) is 5. The Kier molecular flexibility index (Phi) is 5.62. The lowest BCUT2D eigenvalue weighted by atomic mass is 10.1. The zero-order chi connectivity index (χ0) is 18.8. The standard InChI is InChI=1S/C22H33N5/c1-18-21(16-25(3)22-14-19-6-4-5-7-20(19)15-22)17-27(23-18)13-12-26-10-8-24(2)9-11-26/h4-7,17,22H,8-16H2,1-3H3. The summed E-state index contributed by atoms with van der Waals surface area (Å²) in [4.78, 5) is 7.47. The summed E-state index contributed by atoms with van der Waals surface area (Å²) >= 11 is 0. The smallest absolute Gasteiger partial charge is 0.0638 e. The Labute approximate surface area is 163 Å². The fraction of sp³-hybridized carbons (Fsp3) is 0.591. The Morgan fingerprint density at radius 3 is 2.37 bits per heavy atom. The van der Waals surface area contributed by atoms with Gasteiger partial charge in [-0.3, -0.25) is 14.5 Å².